The molecule has 0 spiro atoms. The normalized spacial score (nSPS) is 15.7. The van der Waals surface area contributed by atoms with E-state index in [9.17, 15) is 14.4 Å². The van der Waals surface area contributed by atoms with Crippen LogP contribution in [-0.4, -0.2) is 60.4 Å². The van der Waals surface area contributed by atoms with E-state index in [1.165, 1.54) is 6.92 Å². The quantitative estimate of drug-likeness (QED) is 0.613. The van der Waals surface area contributed by atoms with Crippen molar-refractivity contribution in [2.75, 3.05) is 38.3 Å². The molecule has 2 aliphatic heterocycles. The summed E-state index contributed by atoms with van der Waals surface area (Å²) in [6, 6.07) is 12.4. The smallest absolute Gasteiger partial charge is 0.313 e. The van der Waals surface area contributed by atoms with Gasteiger partial charge in [0.1, 0.15) is 0 Å². The predicted molar refractivity (Wildman–Crippen MR) is 109 cm³/mol. The molecule has 0 aromatic heterocycles. The lowest BCUT2D eigenvalue weighted by Gasteiger charge is -2.34. The van der Waals surface area contributed by atoms with Crippen molar-refractivity contribution in [1.82, 2.24) is 9.80 Å². The fraction of sp³-hybridized carbons (Fsp3) is 0.318. The summed E-state index contributed by atoms with van der Waals surface area (Å²) in [7, 11) is 0. The highest BCUT2D eigenvalue weighted by atomic mass is 16.7. The van der Waals surface area contributed by atoms with Gasteiger partial charge in [-0.15, -0.1) is 0 Å². The zero-order valence-corrected chi connectivity index (χ0v) is 16.7. The van der Waals surface area contributed by atoms with Crippen LogP contribution in [0.1, 0.15) is 22.8 Å². The van der Waals surface area contributed by atoms with E-state index >= 15 is 0 Å². The minimum atomic E-state index is -0.695. The SMILES string of the molecule is CC(=O)c1cccc(NC(=O)C(=O)N2CCN(Cc3ccc4c(c3)OCO4)CC2)c1. The molecule has 8 heteroatoms. The molecule has 2 amide bonds. The largest absolute Gasteiger partial charge is 0.454 e. The average Bonchev–Trinajstić information content (AvgIpc) is 3.22. The summed E-state index contributed by atoms with van der Waals surface area (Å²) in [6.45, 7) is 4.74. The third-order valence-corrected chi connectivity index (χ3v) is 5.22. The zero-order valence-electron chi connectivity index (χ0n) is 16.7. The van der Waals surface area contributed by atoms with Gasteiger partial charge in [-0.25, -0.2) is 0 Å². The molecule has 2 aromatic carbocycles. The number of rotatable bonds is 4. The molecule has 0 atom stereocenters. The second-order valence-corrected chi connectivity index (χ2v) is 7.35. The fourth-order valence-electron chi connectivity index (χ4n) is 3.55. The van der Waals surface area contributed by atoms with Gasteiger partial charge in [0.15, 0.2) is 17.3 Å². The molecule has 2 aliphatic rings. The van der Waals surface area contributed by atoms with Crippen molar-refractivity contribution >= 4 is 23.3 Å². The third-order valence-electron chi connectivity index (χ3n) is 5.22. The summed E-state index contributed by atoms with van der Waals surface area (Å²) >= 11 is 0. The minimum Gasteiger partial charge on any atom is -0.454 e. The van der Waals surface area contributed by atoms with Crippen LogP contribution >= 0.6 is 0 Å². The van der Waals surface area contributed by atoms with E-state index in [1.807, 2.05) is 18.2 Å². The van der Waals surface area contributed by atoms with Crippen LogP contribution in [-0.2, 0) is 16.1 Å². The first-order valence-corrected chi connectivity index (χ1v) is 9.82. The Bertz CT molecular complexity index is 982. The lowest BCUT2D eigenvalue weighted by Crippen LogP contribution is -2.51. The Morgan fingerprint density at radius 2 is 1.73 bits per heavy atom. The highest BCUT2D eigenvalue weighted by molar-refractivity contribution is 6.39. The Labute approximate surface area is 174 Å². The number of carbonyl (C=O) groups is 3. The van der Waals surface area contributed by atoms with Crippen molar-refractivity contribution in [3.8, 4) is 11.5 Å². The molecule has 2 heterocycles. The lowest BCUT2D eigenvalue weighted by atomic mass is 10.1. The molecule has 0 aliphatic carbocycles. The molecule has 0 radical (unpaired) electrons. The molecule has 8 nitrogen and oxygen atoms in total. The van der Waals surface area contributed by atoms with E-state index < -0.39 is 11.8 Å². The number of hydrogen-bond acceptors (Lipinski definition) is 6. The maximum absolute atomic E-state index is 12.5. The van der Waals surface area contributed by atoms with Crippen LogP contribution < -0.4 is 14.8 Å². The summed E-state index contributed by atoms with van der Waals surface area (Å²) in [4.78, 5) is 40.1. The zero-order chi connectivity index (χ0) is 21.1. The molecule has 1 N–H and O–H groups in total. The number of Topliss-reactive ketones (excluding diaryl/α,β-unsaturated/α-hetero) is 1. The number of amides is 2. The van der Waals surface area contributed by atoms with E-state index in [0.717, 1.165) is 23.6 Å². The Hall–Kier alpha value is -3.39. The first-order chi connectivity index (χ1) is 14.5. The number of ether oxygens (including phenoxy) is 2. The molecule has 0 bridgehead atoms. The summed E-state index contributed by atoms with van der Waals surface area (Å²) in [5, 5.41) is 2.59. The molecule has 0 unspecified atom stereocenters. The van der Waals surface area contributed by atoms with Gasteiger partial charge in [0.05, 0.1) is 0 Å². The average molecular weight is 409 g/mol. The second kappa shape index (κ2) is 8.54. The number of nitrogens with one attached hydrogen (secondary N) is 1. The van der Waals surface area contributed by atoms with Gasteiger partial charge in [-0.3, -0.25) is 19.3 Å². The van der Waals surface area contributed by atoms with E-state index in [1.54, 1.807) is 29.2 Å². The number of ketones is 1. The minimum absolute atomic E-state index is 0.101. The summed E-state index contributed by atoms with van der Waals surface area (Å²) in [5.41, 5.74) is 2.03. The molecule has 30 heavy (non-hydrogen) atoms. The van der Waals surface area contributed by atoms with Gasteiger partial charge in [-0.05, 0) is 36.8 Å². The fourth-order valence-corrected chi connectivity index (χ4v) is 3.55. The Morgan fingerprint density at radius 3 is 2.50 bits per heavy atom. The molecule has 1 saturated heterocycles. The van der Waals surface area contributed by atoms with Gasteiger partial charge in [0, 0.05) is 44.0 Å². The Balaban J connectivity index is 1.29. The van der Waals surface area contributed by atoms with E-state index in [0.29, 0.717) is 37.4 Å². The molecule has 2 aromatic rings. The summed E-state index contributed by atoms with van der Waals surface area (Å²) in [6.07, 6.45) is 0. The van der Waals surface area contributed by atoms with Crippen molar-refractivity contribution < 1.29 is 23.9 Å². The van der Waals surface area contributed by atoms with Gasteiger partial charge in [0.25, 0.3) is 0 Å². The second-order valence-electron chi connectivity index (χ2n) is 7.35. The van der Waals surface area contributed by atoms with E-state index in [-0.39, 0.29) is 12.6 Å². The number of nitrogens with zero attached hydrogens (tertiary/aromatic N) is 2. The van der Waals surface area contributed by atoms with Crippen molar-refractivity contribution in [3.05, 3.63) is 53.6 Å². The molecular formula is C22H23N3O5. The Kier molecular flexibility index (Phi) is 5.67. The van der Waals surface area contributed by atoms with Crippen molar-refractivity contribution in [2.45, 2.75) is 13.5 Å². The van der Waals surface area contributed by atoms with Crippen molar-refractivity contribution in [3.63, 3.8) is 0 Å². The van der Waals surface area contributed by atoms with Crippen LogP contribution in [0.5, 0.6) is 11.5 Å². The first-order valence-electron chi connectivity index (χ1n) is 9.82. The summed E-state index contributed by atoms with van der Waals surface area (Å²) < 4.78 is 10.7. The number of carbonyl (C=O) groups excluding carboxylic acids is 3. The maximum Gasteiger partial charge on any atom is 0.313 e. The molecule has 4 rings (SSSR count). The molecule has 0 saturated carbocycles. The molecule has 1 fully saturated rings. The van der Waals surface area contributed by atoms with Gasteiger partial charge < -0.3 is 19.7 Å². The van der Waals surface area contributed by atoms with Crippen LogP contribution in [0.2, 0.25) is 0 Å². The number of piperazine rings is 1. The van der Waals surface area contributed by atoms with Crippen LogP contribution in [0, 0.1) is 0 Å². The van der Waals surface area contributed by atoms with Crippen LogP contribution in [0.15, 0.2) is 42.5 Å². The number of hydrogen-bond donors (Lipinski definition) is 1. The highest BCUT2D eigenvalue weighted by Gasteiger charge is 2.26. The van der Waals surface area contributed by atoms with Gasteiger partial charge in [0.2, 0.25) is 6.79 Å². The van der Waals surface area contributed by atoms with Gasteiger partial charge in [-0.2, -0.15) is 0 Å². The first kappa shape index (κ1) is 19.9. The van der Waals surface area contributed by atoms with E-state index in [2.05, 4.69) is 10.2 Å². The van der Waals surface area contributed by atoms with E-state index in [4.69, 9.17) is 9.47 Å². The third kappa shape index (κ3) is 4.44. The Morgan fingerprint density at radius 1 is 0.967 bits per heavy atom. The van der Waals surface area contributed by atoms with Crippen molar-refractivity contribution in [1.29, 1.82) is 0 Å². The standard InChI is InChI=1S/C22H23N3O5/c1-15(26)17-3-2-4-18(12-17)23-21(27)22(28)25-9-7-24(8-10-25)13-16-5-6-19-20(11-16)30-14-29-19/h2-6,11-12H,7-10,13-14H2,1H3,(H,23,27). The number of benzene rings is 2. The van der Waals surface area contributed by atoms with Crippen LogP contribution in [0.3, 0.4) is 0 Å². The van der Waals surface area contributed by atoms with Crippen LogP contribution in [0.4, 0.5) is 5.69 Å². The van der Waals surface area contributed by atoms with Crippen LogP contribution in [0.25, 0.3) is 0 Å². The lowest BCUT2D eigenvalue weighted by molar-refractivity contribution is -0.144. The number of fused-ring (bicyclic) bond motifs is 1. The predicted octanol–water partition coefficient (Wildman–Crippen LogP) is 1.90. The molecule has 156 valence electrons. The monoisotopic (exact) mass is 409 g/mol. The highest BCUT2D eigenvalue weighted by Crippen LogP contribution is 2.32. The maximum atomic E-state index is 12.5. The molecular weight excluding hydrogens is 386 g/mol. The number of anilines is 1. The van der Waals surface area contributed by atoms with Gasteiger partial charge in [-0.1, -0.05) is 18.2 Å². The summed E-state index contributed by atoms with van der Waals surface area (Å²) in [5.74, 6) is 0.155. The van der Waals surface area contributed by atoms with Crippen molar-refractivity contribution in [2.24, 2.45) is 0 Å². The van der Waals surface area contributed by atoms with Gasteiger partial charge >= 0.3 is 11.8 Å². The topological polar surface area (TPSA) is 88.2 Å².